The van der Waals surface area contributed by atoms with Crippen molar-refractivity contribution in [2.45, 2.75) is 26.3 Å². The number of carbonyl (C=O) groups is 1. The molecular weight excluding hydrogens is 468 g/mol. The molecule has 0 saturated heterocycles. The van der Waals surface area contributed by atoms with Gasteiger partial charge in [0, 0.05) is 36.3 Å². The average Bonchev–Trinajstić information content (AvgIpc) is 3.59. The van der Waals surface area contributed by atoms with Crippen LogP contribution < -0.4 is 0 Å². The number of aromatic nitrogens is 4. The van der Waals surface area contributed by atoms with E-state index < -0.39 is 5.97 Å². The van der Waals surface area contributed by atoms with Gasteiger partial charge in [-0.25, -0.2) is 14.8 Å². The van der Waals surface area contributed by atoms with Crippen LogP contribution in [0.1, 0.15) is 35.1 Å². The predicted molar refractivity (Wildman–Crippen MR) is 144 cm³/mol. The van der Waals surface area contributed by atoms with Crippen LogP contribution in [-0.4, -0.2) is 30.0 Å². The Bertz CT molecular complexity index is 1680. The summed E-state index contributed by atoms with van der Waals surface area (Å²) in [5, 5.41) is 11.6. The van der Waals surface area contributed by atoms with Gasteiger partial charge in [-0.1, -0.05) is 55.5 Å². The Morgan fingerprint density at radius 3 is 2.58 bits per heavy atom. The lowest BCUT2D eigenvalue weighted by atomic mass is 9.99. The number of fused-ring (bicyclic) bond motifs is 2. The molecule has 1 N–H and O–H groups in total. The minimum absolute atomic E-state index is 0.308. The van der Waals surface area contributed by atoms with Gasteiger partial charge in [0.2, 0.25) is 0 Å². The average molecular weight is 493 g/mol. The third-order valence-corrected chi connectivity index (χ3v) is 7.22. The molecule has 0 saturated carbocycles. The molecule has 6 nitrogen and oxygen atoms in total. The van der Waals surface area contributed by atoms with E-state index in [9.17, 15) is 9.90 Å². The number of nitrogens with zero attached hydrogens (tertiary/aromatic N) is 4. The van der Waals surface area contributed by atoms with Crippen molar-refractivity contribution >= 4 is 33.3 Å². The molecular formula is C29H24N4O2S. The number of aromatic carboxylic acids is 1. The first-order chi connectivity index (χ1) is 17.6. The van der Waals surface area contributed by atoms with E-state index in [0.29, 0.717) is 12.1 Å². The van der Waals surface area contributed by atoms with E-state index in [1.165, 1.54) is 0 Å². The fourth-order valence-corrected chi connectivity index (χ4v) is 5.38. The number of carboxylic acids is 1. The van der Waals surface area contributed by atoms with Gasteiger partial charge in [-0.2, -0.15) is 0 Å². The number of hydrogen-bond acceptors (Lipinski definition) is 4. The summed E-state index contributed by atoms with van der Waals surface area (Å²) in [6.07, 6.45) is 6.00. The zero-order chi connectivity index (χ0) is 24.6. The van der Waals surface area contributed by atoms with Crippen LogP contribution >= 0.6 is 11.3 Å². The fourth-order valence-electron chi connectivity index (χ4n) is 4.68. The second kappa shape index (κ2) is 9.09. The highest BCUT2D eigenvalue weighted by molar-refractivity contribution is 7.15. The van der Waals surface area contributed by atoms with Crippen molar-refractivity contribution in [3.05, 3.63) is 101 Å². The van der Waals surface area contributed by atoms with Gasteiger partial charge < -0.3 is 9.67 Å². The number of hydrogen-bond donors (Lipinski definition) is 1. The van der Waals surface area contributed by atoms with Crippen molar-refractivity contribution in [2.24, 2.45) is 0 Å². The monoisotopic (exact) mass is 492 g/mol. The molecule has 0 fully saturated rings. The highest BCUT2D eigenvalue weighted by Gasteiger charge is 2.15. The molecule has 6 rings (SSSR count). The SMILES string of the molecule is CCCc1nc2ccc(-c3cn4ccsc4n3)cc2n1Cc1ccc(-c2ccccc2C(=O)O)cc1. The van der Waals surface area contributed by atoms with Gasteiger partial charge in [-0.15, -0.1) is 11.3 Å². The quantitative estimate of drug-likeness (QED) is 0.267. The molecule has 0 atom stereocenters. The molecule has 36 heavy (non-hydrogen) atoms. The normalized spacial score (nSPS) is 11.5. The van der Waals surface area contributed by atoms with Crippen LogP contribution in [0.5, 0.6) is 0 Å². The van der Waals surface area contributed by atoms with Gasteiger partial charge in [-0.05, 0) is 41.3 Å². The Balaban J connectivity index is 1.37. The van der Waals surface area contributed by atoms with Gasteiger partial charge in [0.25, 0.3) is 0 Å². The Kier molecular flexibility index (Phi) is 5.62. The molecule has 0 amide bonds. The highest BCUT2D eigenvalue weighted by atomic mass is 32.1. The van der Waals surface area contributed by atoms with E-state index in [1.54, 1.807) is 23.5 Å². The van der Waals surface area contributed by atoms with Gasteiger partial charge in [0.05, 0.1) is 22.3 Å². The summed E-state index contributed by atoms with van der Waals surface area (Å²) < 4.78 is 4.34. The Labute approximate surface area is 212 Å². The van der Waals surface area contributed by atoms with E-state index in [2.05, 4.69) is 48.0 Å². The van der Waals surface area contributed by atoms with E-state index >= 15 is 0 Å². The maximum Gasteiger partial charge on any atom is 0.336 e. The number of imidazole rings is 2. The minimum Gasteiger partial charge on any atom is -0.478 e. The van der Waals surface area contributed by atoms with Crippen molar-refractivity contribution in [1.29, 1.82) is 0 Å². The first kappa shape index (κ1) is 22.2. The number of thiazole rings is 1. The zero-order valence-electron chi connectivity index (χ0n) is 19.8. The topological polar surface area (TPSA) is 72.4 Å². The molecule has 3 heterocycles. The smallest absolute Gasteiger partial charge is 0.336 e. The molecule has 0 bridgehead atoms. The third-order valence-electron chi connectivity index (χ3n) is 6.45. The first-order valence-corrected chi connectivity index (χ1v) is 12.8. The number of benzene rings is 3. The lowest BCUT2D eigenvalue weighted by molar-refractivity contribution is 0.0697. The van der Waals surface area contributed by atoms with Crippen LogP contribution in [0.2, 0.25) is 0 Å². The van der Waals surface area contributed by atoms with Crippen LogP contribution in [0.25, 0.3) is 38.4 Å². The van der Waals surface area contributed by atoms with Crippen molar-refractivity contribution in [1.82, 2.24) is 18.9 Å². The number of aryl methyl sites for hydroxylation is 1. The molecule has 7 heteroatoms. The zero-order valence-corrected chi connectivity index (χ0v) is 20.6. The van der Waals surface area contributed by atoms with E-state index in [4.69, 9.17) is 9.97 Å². The maximum absolute atomic E-state index is 11.6. The van der Waals surface area contributed by atoms with Crippen LogP contribution in [0, 0.1) is 0 Å². The summed E-state index contributed by atoms with van der Waals surface area (Å²) in [7, 11) is 0. The molecule has 3 aromatic heterocycles. The summed E-state index contributed by atoms with van der Waals surface area (Å²) in [6, 6.07) is 21.6. The van der Waals surface area contributed by atoms with Crippen LogP contribution in [0.15, 0.2) is 84.5 Å². The van der Waals surface area contributed by atoms with Gasteiger partial charge in [0.1, 0.15) is 5.82 Å². The molecule has 0 radical (unpaired) electrons. The Morgan fingerprint density at radius 1 is 1.00 bits per heavy atom. The molecule has 0 unspecified atom stereocenters. The van der Waals surface area contributed by atoms with Crippen molar-refractivity contribution < 1.29 is 9.90 Å². The Hall–Kier alpha value is -4.23. The van der Waals surface area contributed by atoms with Gasteiger partial charge >= 0.3 is 5.97 Å². The third kappa shape index (κ3) is 3.97. The summed E-state index contributed by atoms with van der Waals surface area (Å²) in [6.45, 7) is 2.86. The molecule has 6 aromatic rings. The molecule has 3 aromatic carbocycles. The summed E-state index contributed by atoms with van der Waals surface area (Å²) in [5.41, 5.74) is 7.16. The molecule has 0 aliphatic rings. The van der Waals surface area contributed by atoms with E-state index in [0.717, 1.165) is 62.6 Å². The first-order valence-electron chi connectivity index (χ1n) is 11.9. The van der Waals surface area contributed by atoms with Gasteiger partial charge in [-0.3, -0.25) is 4.40 Å². The maximum atomic E-state index is 11.6. The largest absolute Gasteiger partial charge is 0.478 e. The van der Waals surface area contributed by atoms with Crippen molar-refractivity contribution in [3.8, 4) is 22.4 Å². The van der Waals surface area contributed by atoms with E-state index in [1.807, 2.05) is 40.2 Å². The molecule has 0 spiro atoms. The number of carboxylic acid groups (broad SMARTS) is 1. The summed E-state index contributed by atoms with van der Waals surface area (Å²) >= 11 is 1.63. The summed E-state index contributed by atoms with van der Waals surface area (Å²) in [5.74, 6) is 0.146. The predicted octanol–water partition coefficient (Wildman–Crippen LogP) is 6.78. The van der Waals surface area contributed by atoms with E-state index in [-0.39, 0.29) is 0 Å². The molecule has 0 aliphatic heterocycles. The molecule has 178 valence electrons. The van der Waals surface area contributed by atoms with Crippen LogP contribution in [0.3, 0.4) is 0 Å². The van der Waals surface area contributed by atoms with Crippen molar-refractivity contribution in [3.63, 3.8) is 0 Å². The second-order valence-electron chi connectivity index (χ2n) is 8.83. The standard InChI is InChI=1S/C29H24N4O2S/c1-2-5-27-30-24-13-12-21(25-18-32-14-15-36-29(32)31-25)16-26(24)33(27)17-19-8-10-20(11-9-19)22-6-3-4-7-23(22)28(34)35/h3-4,6-16,18H,2,5,17H2,1H3,(H,34,35). The lowest BCUT2D eigenvalue weighted by Gasteiger charge is -2.11. The minimum atomic E-state index is -0.919. The van der Waals surface area contributed by atoms with Crippen molar-refractivity contribution in [2.75, 3.05) is 0 Å². The second-order valence-corrected chi connectivity index (χ2v) is 9.71. The Morgan fingerprint density at radius 2 is 1.81 bits per heavy atom. The van der Waals surface area contributed by atoms with Crippen LogP contribution in [0.4, 0.5) is 0 Å². The fraction of sp³-hybridized carbons (Fsp3) is 0.138. The summed E-state index contributed by atoms with van der Waals surface area (Å²) in [4.78, 5) is 22.3. The van der Waals surface area contributed by atoms with Crippen LogP contribution in [-0.2, 0) is 13.0 Å². The molecule has 0 aliphatic carbocycles. The highest BCUT2D eigenvalue weighted by Crippen LogP contribution is 2.28. The van der Waals surface area contributed by atoms with Gasteiger partial charge in [0.15, 0.2) is 4.96 Å². The lowest BCUT2D eigenvalue weighted by Crippen LogP contribution is -2.05. The number of rotatable bonds is 7.